The second-order valence-corrected chi connectivity index (χ2v) is 11.8. The molecule has 3 nitrogen and oxygen atoms in total. The molecular formula is C27H42O3. The number of hydrogen-bond acceptors (Lipinski definition) is 3. The summed E-state index contributed by atoms with van der Waals surface area (Å²) in [4.78, 5) is 12.7. The molecule has 0 heterocycles. The molecule has 2 aliphatic rings. The van der Waals surface area contributed by atoms with Gasteiger partial charge in [-0.2, -0.15) is 0 Å². The summed E-state index contributed by atoms with van der Waals surface area (Å²) in [5.74, 6) is 0. The van der Waals surface area contributed by atoms with Crippen molar-refractivity contribution in [3.8, 4) is 0 Å². The van der Waals surface area contributed by atoms with Gasteiger partial charge >= 0.3 is 6.16 Å². The lowest BCUT2D eigenvalue weighted by Crippen LogP contribution is -2.42. The molecule has 2 rings (SSSR count). The molecule has 0 aromatic carbocycles. The fraction of sp³-hybridized carbons (Fsp3) is 0.667. The highest BCUT2D eigenvalue weighted by molar-refractivity contribution is 5.60. The van der Waals surface area contributed by atoms with Gasteiger partial charge in [-0.05, 0) is 51.4 Å². The van der Waals surface area contributed by atoms with Crippen LogP contribution in [0.4, 0.5) is 4.79 Å². The van der Waals surface area contributed by atoms with E-state index in [2.05, 4.69) is 93.5 Å². The van der Waals surface area contributed by atoms with E-state index in [4.69, 9.17) is 9.47 Å². The lowest BCUT2D eigenvalue weighted by molar-refractivity contribution is -0.0260. The summed E-state index contributed by atoms with van der Waals surface area (Å²) in [5.41, 5.74) is 4.56. The van der Waals surface area contributed by atoms with Gasteiger partial charge in [0.05, 0.1) is 0 Å². The molecule has 0 aromatic heterocycles. The third-order valence-corrected chi connectivity index (χ3v) is 7.03. The normalized spacial score (nSPS) is 27.5. The Labute approximate surface area is 184 Å². The first-order chi connectivity index (χ1) is 13.6. The standard InChI is InChI=1S/C27H42O3/c1-19-11-20(2)14-26(13-19,24(5,6)7)17-29-23(28)30-18-27(25(8,9)10)15-21(3)12-22(4)16-27/h11-13,15H,14,16-18H2,1-10H3. The maximum absolute atomic E-state index is 12.7. The largest absolute Gasteiger partial charge is 0.508 e. The van der Waals surface area contributed by atoms with Crippen LogP contribution < -0.4 is 0 Å². The number of carbonyl (C=O) groups excluding carboxylic acids is 1. The molecule has 0 spiro atoms. The minimum atomic E-state index is -0.571. The lowest BCUT2D eigenvalue weighted by atomic mass is 9.61. The fourth-order valence-corrected chi connectivity index (χ4v) is 4.93. The average Bonchev–Trinajstić information content (AvgIpc) is 2.54. The van der Waals surface area contributed by atoms with Crippen molar-refractivity contribution in [3.63, 3.8) is 0 Å². The van der Waals surface area contributed by atoms with E-state index in [9.17, 15) is 4.79 Å². The van der Waals surface area contributed by atoms with Crippen LogP contribution in [0, 0.1) is 21.7 Å². The van der Waals surface area contributed by atoms with Crippen LogP contribution in [0.5, 0.6) is 0 Å². The molecule has 0 aromatic rings. The molecule has 0 aliphatic heterocycles. The van der Waals surface area contributed by atoms with E-state index in [1.807, 2.05) is 0 Å². The molecule has 2 atom stereocenters. The van der Waals surface area contributed by atoms with Crippen LogP contribution in [0.25, 0.3) is 0 Å². The molecule has 30 heavy (non-hydrogen) atoms. The Morgan fingerprint density at radius 1 is 0.767 bits per heavy atom. The summed E-state index contributed by atoms with van der Waals surface area (Å²) >= 11 is 0. The van der Waals surface area contributed by atoms with E-state index in [0.717, 1.165) is 12.8 Å². The van der Waals surface area contributed by atoms with Crippen molar-refractivity contribution in [1.29, 1.82) is 0 Å². The van der Waals surface area contributed by atoms with Gasteiger partial charge in [-0.15, -0.1) is 0 Å². The fourth-order valence-electron chi connectivity index (χ4n) is 4.93. The van der Waals surface area contributed by atoms with Crippen LogP contribution in [0.3, 0.4) is 0 Å². The van der Waals surface area contributed by atoms with Gasteiger partial charge in [-0.25, -0.2) is 4.79 Å². The van der Waals surface area contributed by atoms with Gasteiger partial charge in [0.15, 0.2) is 0 Å². The molecule has 3 heteroatoms. The van der Waals surface area contributed by atoms with Crippen molar-refractivity contribution in [2.75, 3.05) is 13.2 Å². The summed E-state index contributed by atoms with van der Waals surface area (Å²) < 4.78 is 11.5. The van der Waals surface area contributed by atoms with Gasteiger partial charge in [0.2, 0.25) is 0 Å². The molecule has 0 saturated heterocycles. The zero-order valence-corrected chi connectivity index (χ0v) is 20.9. The second-order valence-electron chi connectivity index (χ2n) is 11.8. The predicted molar refractivity (Wildman–Crippen MR) is 125 cm³/mol. The van der Waals surface area contributed by atoms with Crippen LogP contribution in [0.15, 0.2) is 46.6 Å². The second kappa shape index (κ2) is 8.40. The molecule has 0 bridgehead atoms. The van der Waals surface area contributed by atoms with E-state index in [-0.39, 0.29) is 21.7 Å². The minimum absolute atomic E-state index is 0.0399. The predicted octanol–water partition coefficient (Wildman–Crippen LogP) is 7.80. The molecule has 2 aliphatic carbocycles. The molecule has 0 fully saturated rings. The number of hydrogen-bond donors (Lipinski definition) is 0. The van der Waals surface area contributed by atoms with Gasteiger partial charge < -0.3 is 9.47 Å². The van der Waals surface area contributed by atoms with Crippen molar-refractivity contribution in [2.24, 2.45) is 21.7 Å². The highest BCUT2D eigenvalue weighted by Crippen LogP contribution is 2.49. The van der Waals surface area contributed by atoms with Crippen LogP contribution in [0.2, 0.25) is 0 Å². The van der Waals surface area contributed by atoms with E-state index in [0.29, 0.717) is 13.2 Å². The first kappa shape index (κ1) is 24.5. The summed E-state index contributed by atoms with van der Waals surface area (Å²) in [6, 6.07) is 0. The molecule has 168 valence electrons. The quantitative estimate of drug-likeness (QED) is 0.440. The van der Waals surface area contributed by atoms with E-state index in [1.54, 1.807) is 0 Å². The molecule has 0 radical (unpaired) electrons. The van der Waals surface area contributed by atoms with Gasteiger partial charge in [0, 0.05) is 10.8 Å². The Hall–Kier alpha value is -1.77. The van der Waals surface area contributed by atoms with E-state index >= 15 is 0 Å². The van der Waals surface area contributed by atoms with Gasteiger partial charge in [-0.3, -0.25) is 0 Å². The van der Waals surface area contributed by atoms with Crippen molar-refractivity contribution < 1.29 is 14.3 Å². The summed E-state index contributed by atoms with van der Waals surface area (Å²) in [5, 5.41) is 0. The van der Waals surface area contributed by atoms with Crippen LogP contribution in [0.1, 0.15) is 82.1 Å². The molecule has 0 amide bonds. The number of allylic oxidation sites excluding steroid dienone is 6. The molecular weight excluding hydrogens is 372 g/mol. The highest BCUT2D eigenvalue weighted by Gasteiger charge is 2.44. The Morgan fingerprint density at radius 2 is 1.10 bits per heavy atom. The smallest absolute Gasteiger partial charge is 0.433 e. The summed E-state index contributed by atoms with van der Waals surface area (Å²) in [6.45, 7) is 22.4. The van der Waals surface area contributed by atoms with Crippen molar-refractivity contribution >= 4 is 6.16 Å². The zero-order valence-electron chi connectivity index (χ0n) is 20.9. The number of carbonyl (C=O) groups is 1. The van der Waals surface area contributed by atoms with Crippen LogP contribution in [-0.2, 0) is 9.47 Å². The maximum Gasteiger partial charge on any atom is 0.508 e. The Balaban J connectivity index is 2.11. The maximum atomic E-state index is 12.7. The number of ether oxygens (including phenoxy) is 2. The Bertz CT molecular complexity index is 729. The van der Waals surface area contributed by atoms with E-state index < -0.39 is 6.16 Å². The first-order valence-corrected chi connectivity index (χ1v) is 11.1. The van der Waals surface area contributed by atoms with E-state index in [1.165, 1.54) is 22.3 Å². The van der Waals surface area contributed by atoms with Crippen LogP contribution in [-0.4, -0.2) is 19.4 Å². The first-order valence-electron chi connectivity index (χ1n) is 11.1. The van der Waals surface area contributed by atoms with Crippen LogP contribution >= 0.6 is 0 Å². The third kappa shape index (κ3) is 5.28. The number of rotatable bonds is 4. The molecule has 0 saturated carbocycles. The van der Waals surface area contributed by atoms with Crippen molar-refractivity contribution in [1.82, 2.24) is 0 Å². The topological polar surface area (TPSA) is 35.5 Å². The summed E-state index contributed by atoms with van der Waals surface area (Å²) in [7, 11) is 0. The summed E-state index contributed by atoms with van der Waals surface area (Å²) in [6.07, 6.45) is 10.2. The third-order valence-electron chi connectivity index (χ3n) is 7.03. The van der Waals surface area contributed by atoms with Crippen molar-refractivity contribution in [2.45, 2.75) is 82.1 Å². The lowest BCUT2D eigenvalue weighted by Gasteiger charge is -2.45. The monoisotopic (exact) mass is 414 g/mol. The Morgan fingerprint density at radius 3 is 1.37 bits per heavy atom. The SMILES string of the molecule is CC1=CC(COC(=O)OCC2(C(C)(C)C)C=C(C)C=C(C)C2)(C(C)(C)C)CC(C)=C1. The molecule has 2 unspecified atom stereocenters. The van der Waals surface area contributed by atoms with Gasteiger partial charge in [0.1, 0.15) is 13.2 Å². The van der Waals surface area contributed by atoms with Crippen molar-refractivity contribution in [3.05, 3.63) is 46.6 Å². The molecule has 0 N–H and O–H groups in total. The minimum Gasteiger partial charge on any atom is -0.433 e. The Kier molecular flexibility index (Phi) is 6.86. The van der Waals surface area contributed by atoms with Gasteiger partial charge in [0.25, 0.3) is 0 Å². The average molecular weight is 415 g/mol. The van der Waals surface area contributed by atoms with Gasteiger partial charge in [-0.1, -0.05) is 88.1 Å². The highest BCUT2D eigenvalue weighted by atomic mass is 16.7. The zero-order chi connectivity index (χ0) is 23.0.